The topological polar surface area (TPSA) is 50.4 Å². The lowest BCUT2D eigenvalue weighted by atomic mass is 10.1. The lowest BCUT2D eigenvalue weighted by molar-refractivity contribution is -0.133. The van der Waals surface area contributed by atoms with Gasteiger partial charge in [0.25, 0.3) is 0 Å². The Hall–Kier alpha value is -0.320. The quantitative estimate of drug-likeness (QED) is 0.746. The molecule has 0 aliphatic carbocycles. The Kier molecular flexibility index (Phi) is 4.83. The van der Waals surface area contributed by atoms with Crippen LogP contribution in [0.5, 0.6) is 0 Å². The Labute approximate surface area is 96.5 Å². The highest BCUT2D eigenvalue weighted by Crippen LogP contribution is 2.21. The highest BCUT2D eigenvalue weighted by atomic mass is 35.5. The summed E-state index contributed by atoms with van der Waals surface area (Å²) >= 11 is 0. The van der Waals surface area contributed by atoms with Crippen molar-refractivity contribution >= 4 is 18.3 Å². The molecule has 2 rings (SSSR count). The summed E-state index contributed by atoms with van der Waals surface area (Å²) in [4.78, 5) is 11.6. The Morgan fingerprint density at radius 3 is 2.67 bits per heavy atom. The SMILES string of the molecule is CCC1CCC(C(=O)NC2CNC2)O1.Cl. The summed E-state index contributed by atoms with van der Waals surface area (Å²) in [5.74, 6) is 0.0763. The van der Waals surface area contributed by atoms with Gasteiger partial charge in [-0.25, -0.2) is 0 Å². The van der Waals surface area contributed by atoms with Crippen molar-refractivity contribution in [2.24, 2.45) is 0 Å². The smallest absolute Gasteiger partial charge is 0.249 e. The third-order valence-corrected chi connectivity index (χ3v) is 2.98. The van der Waals surface area contributed by atoms with Crippen molar-refractivity contribution < 1.29 is 9.53 Å². The number of carbonyl (C=O) groups is 1. The van der Waals surface area contributed by atoms with Gasteiger partial charge in [0.1, 0.15) is 6.10 Å². The van der Waals surface area contributed by atoms with Crippen LogP contribution in [0.25, 0.3) is 0 Å². The van der Waals surface area contributed by atoms with Crippen LogP contribution in [0.15, 0.2) is 0 Å². The second-order valence-electron chi connectivity index (χ2n) is 4.10. The Bertz CT molecular complexity index is 221. The average molecular weight is 235 g/mol. The molecule has 0 radical (unpaired) electrons. The zero-order valence-corrected chi connectivity index (χ0v) is 9.81. The summed E-state index contributed by atoms with van der Waals surface area (Å²) in [6.07, 6.45) is 3.02. The first-order chi connectivity index (χ1) is 6.79. The summed E-state index contributed by atoms with van der Waals surface area (Å²) in [6.45, 7) is 3.89. The molecule has 1 amide bonds. The van der Waals surface area contributed by atoms with E-state index in [1.165, 1.54) is 0 Å². The van der Waals surface area contributed by atoms with Crippen molar-refractivity contribution in [1.82, 2.24) is 10.6 Å². The van der Waals surface area contributed by atoms with E-state index in [9.17, 15) is 4.79 Å². The summed E-state index contributed by atoms with van der Waals surface area (Å²) in [7, 11) is 0. The Morgan fingerprint density at radius 1 is 1.47 bits per heavy atom. The van der Waals surface area contributed by atoms with Gasteiger partial charge >= 0.3 is 0 Å². The molecular weight excluding hydrogens is 216 g/mol. The van der Waals surface area contributed by atoms with E-state index in [4.69, 9.17) is 4.74 Å². The van der Waals surface area contributed by atoms with Gasteiger partial charge in [-0.15, -0.1) is 12.4 Å². The summed E-state index contributed by atoms with van der Waals surface area (Å²) in [5.41, 5.74) is 0. The van der Waals surface area contributed by atoms with E-state index >= 15 is 0 Å². The van der Waals surface area contributed by atoms with Crippen LogP contribution in [0, 0.1) is 0 Å². The minimum atomic E-state index is -0.194. The third-order valence-electron chi connectivity index (χ3n) is 2.98. The van der Waals surface area contributed by atoms with Crippen LogP contribution in [0.2, 0.25) is 0 Å². The zero-order valence-electron chi connectivity index (χ0n) is 8.99. The number of hydrogen-bond acceptors (Lipinski definition) is 3. The van der Waals surface area contributed by atoms with Gasteiger partial charge in [0.15, 0.2) is 0 Å². The first-order valence-corrected chi connectivity index (χ1v) is 5.46. The predicted octanol–water partition coefficient (Wildman–Crippen LogP) is 0.454. The van der Waals surface area contributed by atoms with E-state index in [0.717, 1.165) is 32.4 Å². The average Bonchev–Trinajstić information content (AvgIpc) is 2.59. The molecule has 5 heteroatoms. The van der Waals surface area contributed by atoms with Gasteiger partial charge in [0.05, 0.1) is 12.1 Å². The minimum Gasteiger partial charge on any atom is -0.365 e. The highest BCUT2D eigenvalue weighted by Gasteiger charge is 2.31. The Balaban J connectivity index is 0.00000112. The molecule has 2 N–H and O–H groups in total. The molecule has 88 valence electrons. The van der Waals surface area contributed by atoms with E-state index in [0.29, 0.717) is 12.1 Å². The largest absolute Gasteiger partial charge is 0.365 e. The number of ether oxygens (including phenoxy) is 1. The molecule has 2 heterocycles. The molecule has 2 aliphatic rings. The van der Waals surface area contributed by atoms with Crippen molar-refractivity contribution in [2.75, 3.05) is 13.1 Å². The van der Waals surface area contributed by atoms with Gasteiger partial charge in [-0.3, -0.25) is 4.79 Å². The molecule has 2 fully saturated rings. The summed E-state index contributed by atoms with van der Waals surface area (Å²) in [6, 6.07) is 0.326. The predicted molar refractivity (Wildman–Crippen MR) is 60.2 cm³/mol. The number of amides is 1. The molecule has 0 aromatic heterocycles. The molecule has 0 aromatic rings. The van der Waals surface area contributed by atoms with Crippen LogP contribution in [0.4, 0.5) is 0 Å². The molecule has 2 saturated heterocycles. The summed E-state index contributed by atoms with van der Waals surface area (Å²) < 4.78 is 5.61. The number of hydrogen-bond donors (Lipinski definition) is 2. The first kappa shape index (κ1) is 12.7. The van der Waals surface area contributed by atoms with Crippen LogP contribution in [0.3, 0.4) is 0 Å². The molecule has 0 spiro atoms. The van der Waals surface area contributed by atoms with Gasteiger partial charge < -0.3 is 15.4 Å². The van der Waals surface area contributed by atoms with Gasteiger partial charge in [-0.2, -0.15) is 0 Å². The van der Waals surface area contributed by atoms with Crippen LogP contribution in [-0.2, 0) is 9.53 Å². The number of rotatable bonds is 3. The molecule has 0 bridgehead atoms. The lowest BCUT2D eigenvalue weighted by Crippen LogP contribution is -2.58. The Morgan fingerprint density at radius 2 is 2.20 bits per heavy atom. The normalized spacial score (nSPS) is 30.5. The van der Waals surface area contributed by atoms with Crippen LogP contribution in [0.1, 0.15) is 26.2 Å². The number of nitrogens with one attached hydrogen (secondary N) is 2. The van der Waals surface area contributed by atoms with Crippen molar-refractivity contribution in [3.8, 4) is 0 Å². The first-order valence-electron chi connectivity index (χ1n) is 5.46. The lowest BCUT2D eigenvalue weighted by Gasteiger charge is -2.29. The molecule has 2 atom stereocenters. The number of carbonyl (C=O) groups excluding carboxylic acids is 1. The third kappa shape index (κ3) is 3.06. The van der Waals surface area contributed by atoms with E-state index in [1.54, 1.807) is 0 Å². The van der Waals surface area contributed by atoms with Crippen LogP contribution in [-0.4, -0.2) is 37.2 Å². The van der Waals surface area contributed by atoms with E-state index < -0.39 is 0 Å². The fourth-order valence-electron chi connectivity index (χ4n) is 1.88. The second-order valence-corrected chi connectivity index (χ2v) is 4.10. The van der Waals surface area contributed by atoms with Crippen LogP contribution < -0.4 is 10.6 Å². The van der Waals surface area contributed by atoms with Crippen molar-refractivity contribution in [3.05, 3.63) is 0 Å². The molecule has 2 aliphatic heterocycles. The molecule has 4 nitrogen and oxygen atoms in total. The van der Waals surface area contributed by atoms with Crippen molar-refractivity contribution in [3.63, 3.8) is 0 Å². The summed E-state index contributed by atoms with van der Waals surface area (Å²) in [5, 5.41) is 6.10. The maximum Gasteiger partial charge on any atom is 0.249 e. The van der Waals surface area contributed by atoms with Crippen molar-refractivity contribution in [1.29, 1.82) is 0 Å². The maximum atomic E-state index is 11.6. The van der Waals surface area contributed by atoms with Gasteiger partial charge in [0.2, 0.25) is 5.91 Å². The second kappa shape index (κ2) is 5.68. The molecule has 2 unspecified atom stereocenters. The maximum absolute atomic E-state index is 11.6. The highest BCUT2D eigenvalue weighted by molar-refractivity contribution is 5.85. The minimum absolute atomic E-state index is 0. The zero-order chi connectivity index (χ0) is 9.97. The fourth-order valence-corrected chi connectivity index (χ4v) is 1.88. The van der Waals surface area contributed by atoms with E-state index in [-0.39, 0.29) is 24.4 Å². The fraction of sp³-hybridized carbons (Fsp3) is 0.900. The van der Waals surface area contributed by atoms with E-state index in [1.807, 2.05) is 0 Å². The standard InChI is InChI=1S/C10H18N2O2.ClH/c1-2-8-3-4-9(14-8)10(13)12-7-5-11-6-7;/h7-9,11H,2-6H2,1H3,(H,12,13);1H. The van der Waals surface area contributed by atoms with E-state index in [2.05, 4.69) is 17.6 Å². The molecular formula is C10H19ClN2O2. The van der Waals surface area contributed by atoms with Gasteiger partial charge in [-0.05, 0) is 19.3 Å². The molecule has 15 heavy (non-hydrogen) atoms. The monoisotopic (exact) mass is 234 g/mol. The number of halogens is 1. The van der Waals surface area contributed by atoms with Crippen LogP contribution >= 0.6 is 12.4 Å². The molecule has 0 aromatic carbocycles. The molecule has 0 saturated carbocycles. The van der Waals surface area contributed by atoms with Gasteiger partial charge in [-0.1, -0.05) is 6.92 Å². The van der Waals surface area contributed by atoms with Gasteiger partial charge in [0, 0.05) is 13.1 Å². The van der Waals surface area contributed by atoms with Crippen molar-refractivity contribution in [2.45, 2.75) is 44.4 Å².